The SMILES string of the molecule is CC(NC(=O)c1nccnc1N)c1cc2nccc(C#Cc3cnn(C)c3)c2nc1-c1ccccc1. The zero-order valence-electron chi connectivity index (χ0n) is 19.7. The Morgan fingerprint density at radius 2 is 1.86 bits per heavy atom. The van der Waals surface area contributed by atoms with Crippen molar-refractivity contribution in [2.75, 3.05) is 5.73 Å². The van der Waals surface area contributed by atoms with E-state index in [1.165, 1.54) is 12.4 Å². The Kier molecular flexibility index (Phi) is 6.07. The van der Waals surface area contributed by atoms with Gasteiger partial charge in [0, 0.05) is 43.0 Å². The second-order valence-electron chi connectivity index (χ2n) is 8.16. The number of carbonyl (C=O) groups excluding carboxylic acids is 1. The third-order valence-electron chi connectivity index (χ3n) is 5.59. The molecule has 0 saturated carbocycles. The van der Waals surface area contributed by atoms with Gasteiger partial charge in [-0.3, -0.25) is 14.5 Å². The molecule has 5 rings (SSSR count). The Morgan fingerprint density at radius 3 is 2.61 bits per heavy atom. The fraction of sp³-hybridized carbons (Fsp3) is 0.111. The smallest absolute Gasteiger partial charge is 0.274 e. The molecule has 0 saturated heterocycles. The molecule has 176 valence electrons. The van der Waals surface area contributed by atoms with Gasteiger partial charge in [0.05, 0.1) is 34.6 Å². The van der Waals surface area contributed by atoms with Crippen LogP contribution in [0.25, 0.3) is 22.3 Å². The summed E-state index contributed by atoms with van der Waals surface area (Å²) < 4.78 is 1.71. The topological polar surface area (TPSA) is 125 Å². The van der Waals surface area contributed by atoms with Crippen LogP contribution in [0.1, 0.15) is 40.1 Å². The lowest BCUT2D eigenvalue weighted by molar-refractivity contribution is 0.0935. The van der Waals surface area contributed by atoms with E-state index in [-0.39, 0.29) is 11.5 Å². The van der Waals surface area contributed by atoms with Gasteiger partial charge in [-0.1, -0.05) is 42.2 Å². The number of aryl methyl sites for hydroxylation is 1. The number of nitrogens with two attached hydrogens (primary N) is 1. The Bertz CT molecular complexity index is 1630. The van der Waals surface area contributed by atoms with Crippen molar-refractivity contribution in [3.63, 3.8) is 0 Å². The number of fused-ring (bicyclic) bond motifs is 1. The first-order valence-corrected chi connectivity index (χ1v) is 11.2. The van der Waals surface area contributed by atoms with Crippen molar-refractivity contribution in [2.24, 2.45) is 7.05 Å². The first kappa shape index (κ1) is 22.7. The molecule has 3 N–H and O–H groups in total. The summed E-state index contributed by atoms with van der Waals surface area (Å²) in [5.41, 5.74) is 11.2. The molecule has 0 aliphatic heterocycles. The summed E-state index contributed by atoms with van der Waals surface area (Å²) in [6.45, 7) is 1.88. The monoisotopic (exact) mass is 474 g/mol. The molecule has 1 aromatic carbocycles. The lowest BCUT2D eigenvalue weighted by atomic mass is 9.99. The van der Waals surface area contributed by atoms with Gasteiger partial charge in [-0.25, -0.2) is 15.0 Å². The van der Waals surface area contributed by atoms with Crippen molar-refractivity contribution in [3.05, 3.63) is 95.8 Å². The molecule has 1 amide bonds. The van der Waals surface area contributed by atoms with Crippen LogP contribution in [0.5, 0.6) is 0 Å². The molecule has 36 heavy (non-hydrogen) atoms. The van der Waals surface area contributed by atoms with Gasteiger partial charge in [-0.2, -0.15) is 5.10 Å². The van der Waals surface area contributed by atoms with Crippen molar-refractivity contribution >= 4 is 22.8 Å². The Hall–Kier alpha value is -5.10. The summed E-state index contributed by atoms with van der Waals surface area (Å²) in [4.78, 5) is 30.4. The fourth-order valence-corrected chi connectivity index (χ4v) is 3.84. The van der Waals surface area contributed by atoms with Gasteiger partial charge in [0.15, 0.2) is 11.5 Å². The summed E-state index contributed by atoms with van der Waals surface area (Å²) in [5.74, 6) is 5.99. The molecule has 4 aromatic heterocycles. The van der Waals surface area contributed by atoms with Crippen LogP contribution in [0.15, 0.2) is 73.4 Å². The van der Waals surface area contributed by atoms with Crippen LogP contribution in [0.4, 0.5) is 5.82 Å². The largest absolute Gasteiger partial charge is 0.382 e. The van der Waals surface area contributed by atoms with Crippen LogP contribution in [-0.2, 0) is 7.05 Å². The summed E-state index contributed by atoms with van der Waals surface area (Å²) >= 11 is 0. The first-order valence-electron chi connectivity index (χ1n) is 11.2. The number of nitrogens with zero attached hydrogens (tertiary/aromatic N) is 6. The molecule has 0 aliphatic rings. The predicted molar refractivity (Wildman–Crippen MR) is 136 cm³/mol. The highest BCUT2D eigenvalue weighted by molar-refractivity contribution is 5.96. The average molecular weight is 475 g/mol. The lowest BCUT2D eigenvalue weighted by Crippen LogP contribution is -2.29. The van der Waals surface area contributed by atoms with Crippen LogP contribution >= 0.6 is 0 Å². The fourth-order valence-electron chi connectivity index (χ4n) is 3.84. The molecule has 0 aliphatic carbocycles. The molecule has 5 aromatic rings. The van der Waals surface area contributed by atoms with E-state index in [9.17, 15) is 4.79 Å². The maximum Gasteiger partial charge on any atom is 0.274 e. The van der Waals surface area contributed by atoms with E-state index in [0.29, 0.717) is 11.0 Å². The minimum Gasteiger partial charge on any atom is -0.382 e. The van der Waals surface area contributed by atoms with E-state index in [4.69, 9.17) is 10.7 Å². The van der Waals surface area contributed by atoms with Crippen molar-refractivity contribution in [2.45, 2.75) is 13.0 Å². The second kappa shape index (κ2) is 9.64. The number of carbonyl (C=O) groups is 1. The lowest BCUT2D eigenvalue weighted by Gasteiger charge is -2.19. The standard InChI is InChI=1S/C27H22N8O/c1-17(33-27(36)25-26(28)31-13-12-30-25)21-14-22-24(34-23(21)19-6-4-3-5-7-19)20(10-11-29-22)9-8-18-15-32-35(2)16-18/h3-7,10-17H,1-2H3,(H2,28,31)(H,33,36). The number of anilines is 1. The van der Waals surface area contributed by atoms with Gasteiger partial charge >= 0.3 is 0 Å². The number of rotatable bonds is 4. The zero-order valence-corrected chi connectivity index (χ0v) is 19.7. The third-order valence-corrected chi connectivity index (χ3v) is 5.59. The number of benzene rings is 1. The van der Waals surface area contributed by atoms with Crippen LogP contribution in [0.2, 0.25) is 0 Å². The number of nitrogen functional groups attached to an aromatic ring is 1. The molecular weight excluding hydrogens is 452 g/mol. The maximum atomic E-state index is 12.9. The molecule has 0 radical (unpaired) electrons. The summed E-state index contributed by atoms with van der Waals surface area (Å²) in [7, 11) is 1.85. The highest BCUT2D eigenvalue weighted by atomic mass is 16.2. The van der Waals surface area contributed by atoms with E-state index in [2.05, 4.69) is 37.2 Å². The van der Waals surface area contributed by atoms with Gasteiger partial charge < -0.3 is 11.1 Å². The van der Waals surface area contributed by atoms with Crippen molar-refractivity contribution in [1.82, 2.24) is 35.0 Å². The van der Waals surface area contributed by atoms with Crippen molar-refractivity contribution < 1.29 is 4.79 Å². The van der Waals surface area contributed by atoms with E-state index < -0.39 is 11.9 Å². The summed E-state index contributed by atoms with van der Waals surface area (Å²) in [6, 6.07) is 13.1. The number of amides is 1. The molecule has 0 bridgehead atoms. The highest BCUT2D eigenvalue weighted by Gasteiger charge is 2.21. The minimum atomic E-state index is -0.420. The van der Waals surface area contributed by atoms with Gasteiger partial charge in [0.2, 0.25) is 0 Å². The van der Waals surface area contributed by atoms with Crippen LogP contribution in [0.3, 0.4) is 0 Å². The first-order chi connectivity index (χ1) is 17.5. The van der Waals surface area contributed by atoms with E-state index >= 15 is 0 Å². The van der Waals surface area contributed by atoms with Crippen LogP contribution in [0, 0.1) is 11.8 Å². The van der Waals surface area contributed by atoms with Gasteiger partial charge in [-0.15, -0.1) is 0 Å². The quantitative estimate of drug-likeness (QED) is 0.383. The van der Waals surface area contributed by atoms with E-state index in [1.54, 1.807) is 17.1 Å². The summed E-state index contributed by atoms with van der Waals surface area (Å²) in [6.07, 6.45) is 8.14. The minimum absolute atomic E-state index is 0.0700. The Labute approximate surface area is 207 Å². The second-order valence-corrected chi connectivity index (χ2v) is 8.16. The van der Waals surface area contributed by atoms with Gasteiger partial charge in [0.1, 0.15) is 5.52 Å². The molecule has 4 heterocycles. The molecule has 1 unspecified atom stereocenters. The molecule has 1 atom stereocenters. The molecular formula is C27H22N8O. The number of pyridine rings is 2. The number of nitrogens with one attached hydrogen (secondary N) is 1. The Balaban J connectivity index is 1.59. The van der Waals surface area contributed by atoms with E-state index in [1.807, 2.05) is 62.6 Å². The molecule has 9 heteroatoms. The number of aromatic nitrogens is 6. The zero-order chi connectivity index (χ0) is 25.1. The predicted octanol–water partition coefficient (Wildman–Crippen LogP) is 3.29. The average Bonchev–Trinajstić information content (AvgIpc) is 3.32. The summed E-state index contributed by atoms with van der Waals surface area (Å²) in [5, 5.41) is 7.13. The van der Waals surface area contributed by atoms with Gasteiger partial charge in [0.25, 0.3) is 5.91 Å². The molecule has 0 fully saturated rings. The molecule has 9 nitrogen and oxygen atoms in total. The van der Waals surface area contributed by atoms with Crippen molar-refractivity contribution in [3.8, 4) is 23.1 Å². The van der Waals surface area contributed by atoms with Gasteiger partial charge in [-0.05, 0) is 19.1 Å². The van der Waals surface area contributed by atoms with Crippen LogP contribution < -0.4 is 11.1 Å². The van der Waals surface area contributed by atoms with E-state index in [0.717, 1.165) is 27.9 Å². The normalized spacial score (nSPS) is 11.5. The number of hydrogen-bond donors (Lipinski definition) is 2. The molecule has 0 spiro atoms. The third kappa shape index (κ3) is 4.60. The highest BCUT2D eigenvalue weighted by Crippen LogP contribution is 2.30. The van der Waals surface area contributed by atoms with Crippen molar-refractivity contribution in [1.29, 1.82) is 0 Å². The number of hydrogen-bond acceptors (Lipinski definition) is 7. The Morgan fingerprint density at radius 1 is 1.06 bits per heavy atom. The van der Waals surface area contributed by atoms with Crippen LogP contribution in [-0.4, -0.2) is 35.6 Å². The maximum absolute atomic E-state index is 12.9.